The molecule has 0 aromatic carbocycles. The Balaban J connectivity index is 2.09. The van der Waals surface area contributed by atoms with E-state index in [1.165, 1.54) is 41.2 Å². The smallest absolute Gasteiger partial charge is 0.245 e. The van der Waals surface area contributed by atoms with Crippen LogP contribution < -0.4 is 0 Å². The lowest BCUT2D eigenvalue weighted by Crippen LogP contribution is -2.31. The third-order valence-electron chi connectivity index (χ3n) is 4.56. The van der Waals surface area contributed by atoms with Gasteiger partial charge in [-0.15, -0.1) is 6.58 Å². The molecule has 2 aliphatic rings. The van der Waals surface area contributed by atoms with Gasteiger partial charge < -0.3 is 4.43 Å². The van der Waals surface area contributed by atoms with E-state index < -0.39 is 8.32 Å². The minimum atomic E-state index is -1.66. The van der Waals surface area contributed by atoms with Crippen molar-refractivity contribution in [3.8, 4) is 0 Å². The number of hydrogen-bond acceptors (Lipinski definition) is 1. The Bertz CT molecular complexity index is 573. The van der Waals surface area contributed by atoms with Crippen LogP contribution in [-0.4, -0.2) is 8.32 Å². The van der Waals surface area contributed by atoms with Gasteiger partial charge in [-0.2, -0.15) is 0 Å². The fourth-order valence-electron chi connectivity index (χ4n) is 3.36. The number of rotatable bonds is 7. The molecule has 0 aromatic rings. The number of fused-ring (bicyclic) bond motifs is 1. The summed E-state index contributed by atoms with van der Waals surface area (Å²) >= 11 is 0. The van der Waals surface area contributed by atoms with E-state index in [0.29, 0.717) is 5.92 Å². The summed E-state index contributed by atoms with van der Waals surface area (Å²) in [6.45, 7) is 15.1. The van der Waals surface area contributed by atoms with E-state index in [-0.39, 0.29) is 0 Å². The highest BCUT2D eigenvalue weighted by molar-refractivity contribution is 6.71. The van der Waals surface area contributed by atoms with Gasteiger partial charge in [0.1, 0.15) is 5.76 Å². The van der Waals surface area contributed by atoms with Gasteiger partial charge in [0.15, 0.2) is 0 Å². The Morgan fingerprint density at radius 2 is 1.91 bits per heavy atom. The van der Waals surface area contributed by atoms with Crippen LogP contribution in [0.4, 0.5) is 0 Å². The average Bonchev–Trinajstić information content (AvgIpc) is 2.80. The van der Waals surface area contributed by atoms with Crippen molar-refractivity contribution in [2.24, 2.45) is 5.92 Å². The van der Waals surface area contributed by atoms with Gasteiger partial charge in [-0.05, 0) is 69.5 Å². The molecule has 0 heterocycles. The first-order valence-electron chi connectivity index (χ1n) is 8.43. The molecule has 0 saturated heterocycles. The normalized spacial score (nSPS) is 21.1. The van der Waals surface area contributed by atoms with Gasteiger partial charge in [0.2, 0.25) is 8.32 Å². The molecule has 2 rings (SSSR count). The van der Waals surface area contributed by atoms with Crippen molar-refractivity contribution < 1.29 is 4.43 Å². The highest BCUT2D eigenvalue weighted by Gasteiger charge is 2.31. The van der Waals surface area contributed by atoms with E-state index in [9.17, 15) is 0 Å². The predicted octanol–water partition coefficient (Wildman–Crippen LogP) is 6.30. The molecule has 0 fully saturated rings. The summed E-state index contributed by atoms with van der Waals surface area (Å²) in [4.78, 5) is 0. The first-order valence-corrected chi connectivity index (χ1v) is 11.5. The van der Waals surface area contributed by atoms with Gasteiger partial charge in [0.25, 0.3) is 0 Å². The van der Waals surface area contributed by atoms with E-state index in [4.69, 9.17) is 4.43 Å². The minimum absolute atomic E-state index is 0.435. The first kappa shape index (κ1) is 17.1. The minimum Gasteiger partial charge on any atom is -0.544 e. The molecule has 0 aromatic heterocycles. The average molecular weight is 315 g/mol. The van der Waals surface area contributed by atoms with Crippen molar-refractivity contribution in [1.29, 1.82) is 0 Å². The van der Waals surface area contributed by atoms with Crippen molar-refractivity contribution >= 4 is 8.32 Å². The predicted molar refractivity (Wildman–Crippen MR) is 99.2 cm³/mol. The third-order valence-corrected chi connectivity index (χ3v) is 6.88. The monoisotopic (exact) mass is 314 g/mol. The molecule has 1 atom stereocenters. The zero-order valence-corrected chi connectivity index (χ0v) is 15.8. The van der Waals surface area contributed by atoms with Crippen LogP contribution in [0.15, 0.2) is 58.9 Å². The number of hydrogen-bond donors (Lipinski definition) is 0. The summed E-state index contributed by atoms with van der Waals surface area (Å²) < 4.78 is 6.59. The maximum Gasteiger partial charge on any atom is 0.245 e. The van der Waals surface area contributed by atoms with Gasteiger partial charge in [-0.1, -0.05) is 36.3 Å². The van der Waals surface area contributed by atoms with Crippen LogP contribution >= 0.6 is 0 Å². The maximum absolute atomic E-state index is 6.59. The van der Waals surface area contributed by atoms with Crippen LogP contribution in [0, 0.1) is 5.92 Å². The van der Waals surface area contributed by atoms with Crippen molar-refractivity contribution in [2.75, 3.05) is 0 Å². The van der Waals surface area contributed by atoms with Gasteiger partial charge in [-0.25, -0.2) is 0 Å². The molecule has 0 bridgehead atoms. The van der Waals surface area contributed by atoms with Gasteiger partial charge >= 0.3 is 0 Å². The molecule has 22 heavy (non-hydrogen) atoms. The second-order valence-electron chi connectivity index (χ2n) is 7.27. The molecule has 2 aliphatic carbocycles. The first-order chi connectivity index (χ1) is 10.3. The Morgan fingerprint density at radius 3 is 2.59 bits per heavy atom. The third kappa shape index (κ3) is 3.92. The molecule has 2 heteroatoms. The summed E-state index contributed by atoms with van der Waals surface area (Å²) in [6.07, 6.45) is 12.6. The van der Waals surface area contributed by atoms with Crippen LogP contribution in [0.1, 0.15) is 40.0 Å². The van der Waals surface area contributed by atoms with Crippen molar-refractivity contribution in [3.05, 3.63) is 58.9 Å². The molecule has 1 unspecified atom stereocenters. The molecule has 120 valence electrons. The Hall–Kier alpha value is -1.28. The second-order valence-corrected chi connectivity index (χ2v) is 11.5. The summed E-state index contributed by atoms with van der Waals surface area (Å²) in [5, 5.41) is 0. The summed E-state index contributed by atoms with van der Waals surface area (Å²) in [5.41, 5.74) is 5.46. The van der Waals surface area contributed by atoms with Crippen molar-refractivity contribution in [3.63, 3.8) is 0 Å². The van der Waals surface area contributed by atoms with E-state index in [2.05, 4.69) is 58.7 Å². The van der Waals surface area contributed by atoms with E-state index >= 15 is 0 Å². The van der Waals surface area contributed by atoms with E-state index in [1.807, 2.05) is 6.08 Å². The topological polar surface area (TPSA) is 9.23 Å². The van der Waals surface area contributed by atoms with E-state index in [0.717, 1.165) is 12.2 Å². The zero-order valence-electron chi connectivity index (χ0n) is 14.8. The molecule has 0 spiro atoms. The highest BCUT2D eigenvalue weighted by Crippen LogP contribution is 2.40. The molecular formula is C20H30OSi. The molecule has 1 nitrogen and oxygen atoms in total. The Kier molecular flexibility index (Phi) is 5.33. The molecule has 0 N–H and O–H groups in total. The van der Waals surface area contributed by atoms with Crippen LogP contribution in [0.5, 0.6) is 0 Å². The summed E-state index contributed by atoms with van der Waals surface area (Å²) in [7, 11) is -1.66. The molecule has 0 radical (unpaired) electrons. The van der Waals surface area contributed by atoms with Crippen molar-refractivity contribution in [1.82, 2.24) is 0 Å². The van der Waals surface area contributed by atoms with Gasteiger partial charge in [0, 0.05) is 5.92 Å². The van der Waals surface area contributed by atoms with Crippen LogP contribution in [0.3, 0.4) is 0 Å². The van der Waals surface area contributed by atoms with Crippen LogP contribution in [-0.2, 0) is 4.43 Å². The fraction of sp³-hybridized carbons (Fsp3) is 0.500. The van der Waals surface area contributed by atoms with Crippen LogP contribution in [0.25, 0.3) is 0 Å². The van der Waals surface area contributed by atoms with Crippen LogP contribution in [0.2, 0.25) is 19.1 Å². The fourth-order valence-corrected chi connectivity index (χ4v) is 5.44. The Labute approximate surface area is 137 Å². The summed E-state index contributed by atoms with van der Waals surface area (Å²) in [6, 6.07) is 1.22. The Morgan fingerprint density at radius 1 is 1.18 bits per heavy atom. The second kappa shape index (κ2) is 6.87. The largest absolute Gasteiger partial charge is 0.544 e. The SMILES string of the molecule is C=CCCCC[Si](C)(C)OC1=C(C)C2C=C(C)C=C2C=C1C. The van der Waals surface area contributed by atoms with E-state index in [1.54, 1.807) is 0 Å². The maximum atomic E-state index is 6.59. The lowest BCUT2D eigenvalue weighted by atomic mass is 9.86. The van der Waals surface area contributed by atoms with Gasteiger partial charge in [-0.3, -0.25) is 0 Å². The lowest BCUT2D eigenvalue weighted by molar-refractivity contribution is 0.410. The molecule has 0 saturated carbocycles. The number of unbranched alkanes of at least 4 members (excludes halogenated alkanes) is 2. The molecular weight excluding hydrogens is 284 g/mol. The molecule has 0 amide bonds. The lowest BCUT2D eigenvalue weighted by Gasteiger charge is -2.31. The zero-order chi connectivity index (χ0) is 16.3. The number of allylic oxidation sites excluding steroid dienone is 8. The standard InChI is InChI=1S/C20H30OSi/c1-7-8-9-10-11-22(5,6)21-20-16(3)14-18-12-15(2)13-19(18)17(20)4/h7,12-14,19H,1,8-11H2,2-6H3. The summed E-state index contributed by atoms with van der Waals surface area (Å²) in [5.74, 6) is 1.60. The molecule has 0 aliphatic heterocycles. The highest BCUT2D eigenvalue weighted by atomic mass is 28.4. The van der Waals surface area contributed by atoms with Gasteiger partial charge in [0.05, 0.1) is 0 Å². The quantitative estimate of drug-likeness (QED) is 0.304. The van der Waals surface area contributed by atoms with Crippen molar-refractivity contribution in [2.45, 2.75) is 59.2 Å².